The van der Waals surface area contributed by atoms with Crippen LogP contribution in [0, 0.1) is 12.7 Å². The van der Waals surface area contributed by atoms with Crippen molar-refractivity contribution in [3.05, 3.63) is 53.8 Å². The van der Waals surface area contributed by atoms with E-state index in [0.29, 0.717) is 5.69 Å². The van der Waals surface area contributed by atoms with Gasteiger partial charge in [0.15, 0.2) is 0 Å². The minimum absolute atomic E-state index is 0.134. The lowest BCUT2D eigenvalue weighted by molar-refractivity contribution is 0.262. The number of anilines is 2. The highest BCUT2D eigenvalue weighted by molar-refractivity contribution is 6.58. The molecule has 0 unspecified atom stereocenters. The van der Waals surface area contributed by atoms with E-state index in [2.05, 4.69) is 10.6 Å². The van der Waals surface area contributed by atoms with E-state index in [9.17, 15) is 9.18 Å². The average Bonchev–Trinajstić information content (AvgIpc) is 2.40. The molecule has 0 aliphatic rings. The second-order valence-corrected chi connectivity index (χ2v) is 4.53. The summed E-state index contributed by atoms with van der Waals surface area (Å²) in [6, 6.07) is 10.5. The van der Waals surface area contributed by atoms with Gasteiger partial charge in [0.25, 0.3) is 0 Å². The van der Waals surface area contributed by atoms with Gasteiger partial charge in [-0.3, -0.25) is 0 Å². The van der Waals surface area contributed by atoms with Gasteiger partial charge in [-0.15, -0.1) is 0 Å². The van der Waals surface area contributed by atoms with Crippen LogP contribution in [0.1, 0.15) is 5.56 Å². The molecule has 0 aromatic heterocycles. The van der Waals surface area contributed by atoms with Crippen LogP contribution in [0.15, 0.2) is 42.5 Å². The summed E-state index contributed by atoms with van der Waals surface area (Å²) in [4.78, 5) is 11.8. The van der Waals surface area contributed by atoms with Crippen LogP contribution in [0.2, 0.25) is 0 Å². The Hall–Kier alpha value is -2.38. The second-order valence-electron chi connectivity index (χ2n) is 4.53. The molecule has 4 N–H and O–H groups in total. The number of hydrogen-bond acceptors (Lipinski definition) is 3. The summed E-state index contributed by atoms with van der Waals surface area (Å²) in [6.07, 6.45) is 0. The van der Waals surface area contributed by atoms with Crippen LogP contribution < -0.4 is 16.1 Å². The van der Waals surface area contributed by atoms with Crippen molar-refractivity contribution in [3.8, 4) is 0 Å². The Bertz CT molecular complexity index is 664. The molecular weight excluding hydrogens is 274 g/mol. The Labute approximate surface area is 121 Å². The molecule has 2 aromatic rings. The smallest absolute Gasteiger partial charge is 0.423 e. The summed E-state index contributed by atoms with van der Waals surface area (Å²) in [5.41, 5.74) is 1.12. The van der Waals surface area contributed by atoms with E-state index >= 15 is 0 Å². The summed E-state index contributed by atoms with van der Waals surface area (Å²) in [7, 11) is -1.94. The van der Waals surface area contributed by atoms with Crippen molar-refractivity contribution in [2.24, 2.45) is 0 Å². The summed E-state index contributed by atoms with van der Waals surface area (Å²) < 4.78 is 13.9. The van der Waals surface area contributed by atoms with Gasteiger partial charge < -0.3 is 20.7 Å². The van der Waals surface area contributed by atoms with Gasteiger partial charge >= 0.3 is 13.1 Å². The number of benzene rings is 2. The van der Waals surface area contributed by atoms with Crippen molar-refractivity contribution >= 4 is 30.0 Å². The molecule has 0 bridgehead atoms. The summed E-state index contributed by atoms with van der Waals surface area (Å²) in [5.74, 6) is -0.883. The third-order valence-electron chi connectivity index (χ3n) is 2.83. The van der Waals surface area contributed by atoms with Gasteiger partial charge in [-0.1, -0.05) is 24.3 Å². The first-order chi connectivity index (χ1) is 9.97. The van der Waals surface area contributed by atoms with Crippen LogP contribution >= 0.6 is 0 Å². The minimum Gasteiger partial charge on any atom is -0.423 e. The third-order valence-corrected chi connectivity index (χ3v) is 2.83. The molecule has 0 fully saturated rings. The molecule has 0 saturated heterocycles. The zero-order valence-corrected chi connectivity index (χ0v) is 11.3. The van der Waals surface area contributed by atoms with Crippen LogP contribution in [0.3, 0.4) is 0 Å². The monoisotopic (exact) mass is 288 g/mol. The Morgan fingerprint density at radius 1 is 1.14 bits per heavy atom. The first-order valence-corrected chi connectivity index (χ1v) is 6.26. The van der Waals surface area contributed by atoms with E-state index < -0.39 is 19.0 Å². The van der Waals surface area contributed by atoms with Crippen LogP contribution in [0.25, 0.3) is 0 Å². The van der Waals surface area contributed by atoms with E-state index in [1.807, 2.05) is 13.0 Å². The van der Waals surface area contributed by atoms with Crippen LogP contribution in [0.5, 0.6) is 0 Å². The van der Waals surface area contributed by atoms with Crippen molar-refractivity contribution in [3.63, 3.8) is 0 Å². The van der Waals surface area contributed by atoms with Crippen LogP contribution in [-0.4, -0.2) is 23.2 Å². The van der Waals surface area contributed by atoms with Crippen molar-refractivity contribution < 1.29 is 19.2 Å². The number of rotatable bonds is 3. The Kier molecular flexibility index (Phi) is 4.57. The number of aryl methyl sites for hydroxylation is 1. The molecule has 0 spiro atoms. The molecule has 0 radical (unpaired) electrons. The molecule has 5 nitrogen and oxygen atoms in total. The predicted molar refractivity (Wildman–Crippen MR) is 80.0 cm³/mol. The van der Waals surface area contributed by atoms with Crippen LogP contribution in [0.4, 0.5) is 20.6 Å². The molecule has 0 atom stereocenters. The highest BCUT2D eigenvalue weighted by Crippen LogP contribution is 2.13. The maximum absolute atomic E-state index is 13.9. The molecule has 108 valence electrons. The minimum atomic E-state index is -1.94. The van der Waals surface area contributed by atoms with Crippen molar-refractivity contribution in [2.75, 3.05) is 10.6 Å². The maximum atomic E-state index is 13.9. The van der Waals surface area contributed by atoms with Gasteiger partial charge in [-0.25, -0.2) is 9.18 Å². The molecular formula is C14H14BFN2O3. The normalized spacial score (nSPS) is 10.1. The number of urea groups is 1. The molecule has 0 aliphatic heterocycles. The van der Waals surface area contributed by atoms with E-state index in [1.165, 1.54) is 18.2 Å². The zero-order chi connectivity index (χ0) is 15.4. The summed E-state index contributed by atoms with van der Waals surface area (Å²) in [5, 5.41) is 22.9. The summed E-state index contributed by atoms with van der Waals surface area (Å²) in [6.45, 7) is 1.88. The Morgan fingerprint density at radius 3 is 2.52 bits per heavy atom. The highest BCUT2D eigenvalue weighted by atomic mass is 19.1. The van der Waals surface area contributed by atoms with Crippen LogP contribution in [-0.2, 0) is 0 Å². The quantitative estimate of drug-likeness (QED) is 0.645. The average molecular weight is 288 g/mol. The molecule has 2 rings (SSSR count). The standard InChI is InChI=1S/C14H14BFN2O3/c1-9-4-2-5-10(8-9)17-14(19)18-12-7-3-6-11(13(12)16)15(20)21/h2-8,20-21H,1H3,(H2,17,18,19). The fourth-order valence-electron chi connectivity index (χ4n) is 1.85. The maximum Gasteiger partial charge on any atom is 0.491 e. The van der Waals surface area contributed by atoms with Gasteiger partial charge in [0.2, 0.25) is 0 Å². The summed E-state index contributed by atoms with van der Waals surface area (Å²) >= 11 is 0. The molecule has 2 amide bonds. The SMILES string of the molecule is Cc1cccc(NC(=O)Nc2cccc(B(O)O)c2F)c1. The number of carbonyl (C=O) groups excluding carboxylic acids is 1. The Morgan fingerprint density at radius 2 is 1.86 bits per heavy atom. The van der Waals surface area contributed by atoms with E-state index in [-0.39, 0.29) is 11.2 Å². The molecule has 0 aliphatic carbocycles. The van der Waals surface area contributed by atoms with E-state index in [1.54, 1.807) is 18.2 Å². The topological polar surface area (TPSA) is 81.6 Å². The van der Waals surface area contributed by atoms with Crippen molar-refractivity contribution in [2.45, 2.75) is 6.92 Å². The molecule has 21 heavy (non-hydrogen) atoms. The van der Waals surface area contributed by atoms with E-state index in [0.717, 1.165) is 5.56 Å². The number of halogens is 1. The lowest BCUT2D eigenvalue weighted by Gasteiger charge is -2.11. The molecule has 7 heteroatoms. The third kappa shape index (κ3) is 3.81. The Balaban J connectivity index is 2.11. The molecule has 2 aromatic carbocycles. The van der Waals surface area contributed by atoms with Gasteiger partial charge in [0, 0.05) is 11.2 Å². The fourth-order valence-corrected chi connectivity index (χ4v) is 1.85. The van der Waals surface area contributed by atoms with Gasteiger partial charge in [-0.2, -0.15) is 0 Å². The number of nitrogens with one attached hydrogen (secondary N) is 2. The number of amides is 2. The first-order valence-electron chi connectivity index (χ1n) is 6.26. The molecule has 0 saturated carbocycles. The zero-order valence-electron chi connectivity index (χ0n) is 11.3. The van der Waals surface area contributed by atoms with Gasteiger partial charge in [-0.05, 0) is 30.7 Å². The van der Waals surface area contributed by atoms with E-state index in [4.69, 9.17) is 10.0 Å². The number of carbonyl (C=O) groups is 1. The molecule has 0 heterocycles. The second kappa shape index (κ2) is 6.38. The van der Waals surface area contributed by atoms with Gasteiger partial charge in [0.1, 0.15) is 5.82 Å². The lowest BCUT2D eigenvalue weighted by atomic mass is 9.79. The first kappa shape index (κ1) is 15.0. The van der Waals surface area contributed by atoms with Crippen molar-refractivity contribution in [1.82, 2.24) is 0 Å². The lowest BCUT2D eigenvalue weighted by Crippen LogP contribution is -2.33. The number of hydrogen-bond donors (Lipinski definition) is 4. The predicted octanol–water partition coefficient (Wildman–Crippen LogP) is 1.46. The fraction of sp³-hybridized carbons (Fsp3) is 0.0714. The van der Waals surface area contributed by atoms with Crippen molar-refractivity contribution in [1.29, 1.82) is 0 Å². The van der Waals surface area contributed by atoms with Gasteiger partial charge in [0.05, 0.1) is 5.69 Å². The largest absolute Gasteiger partial charge is 0.491 e. The highest BCUT2D eigenvalue weighted by Gasteiger charge is 2.19.